The fourth-order valence-electron chi connectivity index (χ4n) is 2.43. The zero-order valence-corrected chi connectivity index (χ0v) is 10.3. The Hall–Kier alpha value is -1.76. The Morgan fingerprint density at radius 3 is 2.82 bits per heavy atom. The lowest BCUT2D eigenvalue weighted by molar-refractivity contribution is 0.435. The van der Waals surface area contributed by atoms with Crippen molar-refractivity contribution in [3.63, 3.8) is 0 Å². The average molecular weight is 230 g/mol. The number of nitrogens with one attached hydrogen (secondary N) is 1. The summed E-state index contributed by atoms with van der Waals surface area (Å²) in [4.78, 5) is 4.21. The lowest BCUT2D eigenvalue weighted by atomic mass is 9.98. The van der Waals surface area contributed by atoms with Crippen LogP contribution in [0, 0.1) is 23.2 Å². The summed E-state index contributed by atoms with van der Waals surface area (Å²) in [6, 6.07) is 4.21. The van der Waals surface area contributed by atoms with Gasteiger partial charge in [-0.05, 0) is 30.7 Å². The molecule has 1 heterocycles. The maximum Gasteiger partial charge on any atom is 0.144 e. The molecule has 1 aromatic rings. The van der Waals surface area contributed by atoms with Crippen molar-refractivity contribution >= 4 is 11.5 Å². The number of nitrogens with zero attached hydrogens (tertiary/aromatic N) is 2. The molecule has 0 spiro atoms. The zero-order chi connectivity index (χ0) is 12.4. The maximum absolute atomic E-state index is 9.05. The summed E-state index contributed by atoms with van der Waals surface area (Å²) in [6.07, 6.45) is 3.96. The van der Waals surface area contributed by atoms with Gasteiger partial charge in [-0.1, -0.05) is 13.8 Å². The second-order valence-electron chi connectivity index (χ2n) is 4.94. The van der Waals surface area contributed by atoms with E-state index in [0.717, 1.165) is 12.3 Å². The predicted molar refractivity (Wildman–Crippen MR) is 68.3 cm³/mol. The molecule has 0 bridgehead atoms. The molecule has 1 fully saturated rings. The quantitative estimate of drug-likeness (QED) is 0.818. The van der Waals surface area contributed by atoms with Crippen LogP contribution in [0.25, 0.3) is 0 Å². The molecular weight excluding hydrogens is 212 g/mol. The van der Waals surface area contributed by atoms with Crippen LogP contribution in [0.2, 0.25) is 0 Å². The lowest BCUT2D eigenvalue weighted by Gasteiger charge is -2.20. The van der Waals surface area contributed by atoms with Gasteiger partial charge in [-0.2, -0.15) is 5.26 Å². The van der Waals surface area contributed by atoms with E-state index in [2.05, 4.69) is 30.2 Å². The number of hydrogen-bond acceptors (Lipinski definition) is 4. The van der Waals surface area contributed by atoms with Crippen molar-refractivity contribution in [2.45, 2.75) is 32.7 Å². The Morgan fingerprint density at radius 2 is 2.24 bits per heavy atom. The SMILES string of the molecule is CC1CCC(Nc2ncc(N)cc2C#N)C1C. The number of rotatable bonds is 2. The van der Waals surface area contributed by atoms with Crippen molar-refractivity contribution in [3.05, 3.63) is 17.8 Å². The second kappa shape index (κ2) is 4.62. The summed E-state index contributed by atoms with van der Waals surface area (Å²) in [5.74, 6) is 2.00. The molecule has 1 aliphatic rings. The van der Waals surface area contributed by atoms with Gasteiger partial charge in [0.15, 0.2) is 0 Å². The summed E-state index contributed by atoms with van der Waals surface area (Å²) in [7, 11) is 0. The van der Waals surface area contributed by atoms with Crippen molar-refractivity contribution in [3.8, 4) is 6.07 Å². The van der Waals surface area contributed by atoms with Crippen molar-refractivity contribution in [1.82, 2.24) is 4.98 Å². The third-order valence-corrected chi connectivity index (χ3v) is 3.82. The largest absolute Gasteiger partial charge is 0.397 e. The van der Waals surface area contributed by atoms with Crippen LogP contribution in [0.3, 0.4) is 0 Å². The maximum atomic E-state index is 9.05. The van der Waals surface area contributed by atoms with E-state index in [1.54, 1.807) is 12.3 Å². The molecule has 0 radical (unpaired) electrons. The van der Waals surface area contributed by atoms with Gasteiger partial charge in [0.1, 0.15) is 11.9 Å². The minimum absolute atomic E-state index is 0.410. The number of nitrogens with two attached hydrogens (primary N) is 1. The molecule has 4 heteroatoms. The first-order valence-electron chi connectivity index (χ1n) is 6.04. The predicted octanol–water partition coefficient (Wildman–Crippen LogP) is 2.38. The minimum Gasteiger partial charge on any atom is -0.397 e. The van der Waals surface area contributed by atoms with E-state index in [9.17, 15) is 0 Å². The summed E-state index contributed by atoms with van der Waals surface area (Å²) in [5.41, 5.74) is 6.67. The highest BCUT2D eigenvalue weighted by molar-refractivity contribution is 5.57. The molecule has 0 aromatic carbocycles. The highest BCUT2D eigenvalue weighted by Gasteiger charge is 2.30. The second-order valence-corrected chi connectivity index (χ2v) is 4.94. The number of hydrogen-bond donors (Lipinski definition) is 2. The molecule has 1 aromatic heterocycles. The molecule has 0 saturated heterocycles. The molecule has 4 nitrogen and oxygen atoms in total. The number of anilines is 2. The normalized spacial score (nSPS) is 27.7. The molecular formula is C13H18N4. The van der Waals surface area contributed by atoms with Crippen molar-refractivity contribution < 1.29 is 0 Å². The first-order chi connectivity index (χ1) is 8.11. The zero-order valence-electron chi connectivity index (χ0n) is 10.3. The van der Waals surface area contributed by atoms with Gasteiger partial charge < -0.3 is 11.1 Å². The van der Waals surface area contributed by atoms with E-state index in [1.807, 2.05) is 0 Å². The number of nitriles is 1. The van der Waals surface area contributed by atoms with E-state index in [0.29, 0.717) is 29.0 Å². The highest BCUT2D eigenvalue weighted by atomic mass is 15.0. The molecule has 0 amide bonds. The molecule has 3 N–H and O–H groups in total. The Morgan fingerprint density at radius 1 is 1.47 bits per heavy atom. The Bertz CT molecular complexity index is 449. The third-order valence-electron chi connectivity index (χ3n) is 3.82. The molecule has 3 unspecified atom stereocenters. The molecule has 17 heavy (non-hydrogen) atoms. The standard InChI is InChI=1S/C13H18N4/c1-8-3-4-12(9(8)2)17-13-10(6-14)5-11(15)7-16-13/h5,7-9,12H,3-4,15H2,1-2H3,(H,16,17). The van der Waals surface area contributed by atoms with E-state index >= 15 is 0 Å². The van der Waals surface area contributed by atoms with E-state index in [-0.39, 0.29) is 0 Å². The van der Waals surface area contributed by atoms with Gasteiger partial charge in [0.05, 0.1) is 17.4 Å². The number of pyridine rings is 1. The molecule has 1 saturated carbocycles. The third kappa shape index (κ3) is 2.33. The van der Waals surface area contributed by atoms with Crippen LogP contribution in [0.5, 0.6) is 0 Å². The van der Waals surface area contributed by atoms with Crippen LogP contribution in [0.1, 0.15) is 32.3 Å². The van der Waals surface area contributed by atoms with Gasteiger partial charge in [-0.15, -0.1) is 0 Å². The van der Waals surface area contributed by atoms with Gasteiger partial charge in [-0.25, -0.2) is 4.98 Å². The number of aromatic nitrogens is 1. The molecule has 0 aliphatic heterocycles. The van der Waals surface area contributed by atoms with Gasteiger partial charge in [0.25, 0.3) is 0 Å². The fourth-order valence-corrected chi connectivity index (χ4v) is 2.43. The first-order valence-corrected chi connectivity index (χ1v) is 6.04. The van der Waals surface area contributed by atoms with Gasteiger partial charge in [0, 0.05) is 6.04 Å². The van der Waals surface area contributed by atoms with Gasteiger partial charge >= 0.3 is 0 Å². The van der Waals surface area contributed by atoms with Crippen molar-refractivity contribution in [2.75, 3.05) is 11.1 Å². The van der Waals surface area contributed by atoms with Crippen LogP contribution in [0.4, 0.5) is 11.5 Å². The average Bonchev–Trinajstić information content (AvgIpc) is 2.63. The summed E-state index contributed by atoms with van der Waals surface area (Å²) < 4.78 is 0. The van der Waals surface area contributed by atoms with E-state index in [1.165, 1.54) is 6.42 Å². The summed E-state index contributed by atoms with van der Waals surface area (Å²) in [6.45, 7) is 4.52. The molecule has 3 atom stereocenters. The first kappa shape index (κ1) is 11.7. The monoisotopic (exact) mass is 230 g/mol. The van der Waals surface area contributed by atoms with E-state index in [4.69, 9.17) is 11.0 Å². The van der Waals surface area contributed by atoms with Crippen LogP contribution < -0.4 is 11.1 Å². The van der Waals surface area contributed by atoms with Crippen LogP contribution in [0.15, 0.2) is 12.3 Å². The Kier molecular flexibility index (Phi) is 3.19. The van der Waals surface area contributed by atoms with Crippen molar-refractivity contribution in [2.24, 2.45) is 11.8 Å². The highest BCUT2D eigenvalue weighted by Crippen LogP contribution is 2.33. The van der Waals surface area contributed by atoms with E-state index < -0.39 is 0 Å². The minimum atomic E-state index is 0.410. The topological polar surface area (TPSA) is 74.7 Å². The molecule has 1 aliphatic carbocycles. The molecule has 90 valence electrons. The van der Waals surface area contributed by atoms with Gasteiger partial charge in [-0.3, -0.25) is 0 Å². The summed E-state index contributed by atoms with van der Waals surface area (Å²) >= 11 is 0. The van der Waals surface area contributed by atoms with Gasteiger partial charge in [0.2, 0.25) is 0 Å². The van der Waals surface area contributed by atoms with Crippen LogP contribution >= 0.6 is 0 Å². The number of nitrogen functional groups attached to an aromatic ring is 1. The summed E-state index contributed by atoms with van der Waals surface area (Å²) in [5, 5.41) is 12.4. The molecule has 2 rings (SSSR count). The van der Waals surface area contributed by atoms with Crippen LogP contribution in [-0.2, 0) is 0 Å². The van der Waals surface area contributed by atoms with Crippen LogP contribution in [-0.4, -0.2) is 11.0 Å². The smallest absolute Gasteiger partial charge is 0.144 e. The van der Waals surface area contributed by atoms with Crippen molar-refractivity contribution in [1.29, 1.82) is 5.26 Å². The Labute approximate surface area is 102 Å². The fraction of sp³-hybridized carbons (Fsp3) is 0.538. The lowest BCUT2D eigenvalue weighted by Crippen LogP contribution is -2.25. The Balaban J connectivity index is 2.17.